The lowest BCUT2D eigenvalue weighted by Crippen LogP contribution is -2.40. The standard InChI is InChI=1S/C38H29F3N6O4S/c1-50-25-4-2-3-22-23(25)16-38(40,41)31(22)44-33-30-20(11-12-42-33)13-26(52-30)28-27(34-45-46-36(49)51-34)24(10-7-18-5-8-21(39)9-6-18)43-32-29(28)35(48)47-17-19-14-37(32,47)15-19/h2-6,8-9,11-13,19,31H,7,10,14-17H2,1H3,(H,42,44)(H,46,49). The summed E-state index contributed by atoms with van der Waals surface area (Å²) in [5.74, 6) is -3.28. The van der Waals surface area contributed by atoms with Gasteiger partial charge in [0.15, 0.2) is 0 Å². The molecule has 2 bridgehead atoms. The Labute approximate surface area is 297 Å². The van der Waals surface area contributed by atoms with Gasteiger partial charge in [-0.3, -0.25) is 9.78 Å². The number of alkyl halides is 2. The fourth-order valence-corrected chi connectivity index (χ4v) is 9.97. The lowest BCUT2D eigenvalue weighted by atomic mass is 9.71. The Morgan fingerprint density at radius 1 is 1.08 bits per heavy atom. The molecular weight excluding hydrogens is 694 g/mol. The molecule has 6 aromatic rings. The normalized spacial score (nSPS) is 22.0. The highest BCUT2D eigenvalue weighted by molar-refractivity contribution is 7.23. The number of halogens is 3. The van der Waals surface area contributed by atoms with Gasteiger partial charge in [0.05, 0.1) is 39.9 Å². The molecule has 4 aromatic heterocycles. The van der Waals surface area contributed by atoms with Crippen molar-refractivity contribution in [3.8, 4) is 27.6 Å². The summed E-state index contributed by atoms with van der Waals surface area (Å²) in [5, 5.41) is 10.3. The van der Waals surface area contributed by atoms with Crippen LogP contribution >= 0.6 is 11.3 Å². The Hall–Kier alpha value is -5.50. The topological polar surface area (TPSA) is 126 Å². The molecule has 10 nitrogen and oxygen atoms in total. The number of ether oxygens (including phenoxy) is 1. The number of carbonyl (C=O) groups is 1. The van der Waals surface area contributed by atoms with Crippen LogP contribution in [0.25, 0.3) is 32.0 Å². The first-order valence-corrected chi connectivity index (χ1v) is 17.8. The minimum Gasteiger partial charge on any atom is -0.496 e. The molecule has 3 aliphatic heterocycles. The van der Waals surface area contributed by atoms with Crippen molar-refractivity contribution in [2.24, 2.45) is 5.92 Å². The van der Waals surface area contributed by atoms with Crippen molar-refractivity contribution in [2.45, 2.75) is 49.6 Å². The quantitative estimate of drug-likeness (QED) is 0.171. The Morgan fingerprint density at radius 3 is 2.67 bits per heavy atom. The lowest BCUT2D eigenvalue weighted by molar-refractivity contribution is -0.00734. The zero-order valence-corrected chi connectivity index (χ0v) is 28.5. The molecule has 1 saturated carbocycles. The number of aromatic amines is 1. The summed E-state index contributed by atoms with van der Waals surface area (Å²) in [6.45, 7) is 0.638. The van der Waals surface area contributed by atoms with Crippen LogP contribution < -0.4 is 15.8 Å². The van der Waals surface area contributed by atoms with Crippen LogP contribution in [0.4, 0.5) is 19.0 Å². The molecule has 3 fully saturated rings. The van der Waals surface area contributed by atoms with Crippen LogP contribution in [0.5, 0.6) is 5.75 Å². The van der Waals surface area contributed by atoms with Gasteiger partial charge in [-0.15, -0.1) is 16.4 Å². The fourth-order valence-electron chi connectivity index (χ4n) is 8.81. The number of anilines is 1. The molecule has 0 radical (unpaired) electrons. The maximum Gasteiger partial charge on any atom is 0.434 e. The number of pyridine rings is 2. The molecular formula is C38H29F3N6O4S. The fraction of sp³-hybridized carbons (Fsp3) is 0.289. The smallest absolute Gasteiger partial charge is 0.434 e. The number of fused-ring (bicyclic) bond motifs is 3. The Balaban J connectivity index is 1.15. The molecule has 14 heteroatoms. The number of aromatic nitrogens is 4. The molecule has 2 saturated heterocycles. The van der Waals surface area contributed by atoms with E-state index in [1.807, 2.05) is 11.0 Å². The van der Waals surface area contributed by atoms with Crippen molar-refractivity contribution in [2.75, 3.05) is 19.0 Å². The zero-order valence-electron chi connectivity index (χ0n) is 27.6. The van der Waals surface area contributed by atoms with E-state index < -0.39 is 29.7 Å². The van der Waals surface area contributed by atoms with E-state index in [-0.39, 0.29) is 23.4 Å². The maximum absolute atomic E-state index is 15.7. The molecule has 262 valence electrons. The number of methoxy groups -OCH3 is 1. The van der Waals surface area contributed by atoms with Gasteiger partial charge >= 0.3 is 5.76 Å². The van der Waals surface area contributed by atoms with Crippen LogP contribution in [-0.4, -0.2) is 50.5 Å². The van der Waals surface area contributed by atoms with Crippen LogP contribution in [0.15, 0.2) is 70.0 Å². The van der Waals surface area contributed by atoms with Gasteiger partial charge in [-0.2, -0.15) is 0 Å². The summed E-state index contributed by atoms with van der Waals surface area (Å²) in [6, 6.07) is 13.6. The molecule has 2 aromatic carbocycles. The highest BCUT2D eigenvalue weighted by Crippen LogP contribution is 2.63. The monoisotopic (exact) mass is 722 g/mol. The molecule has 1 unspecified atom stereocenters. The van der Waals surface area contributed by atoms with Gasteiger partial charge in [0.2, 0.25) is 0 Å². The summed E-state index contributed by atoms with van der Waals surface area (Å²) >= 11 is 1.31. The molecule has 11 rings (SSSR count). The number of thiophene rings is 1. The average Bonchev–Trinajstić information content (AvgIpc) is 3.96. The van der Waals surface area contributed by atoms with E-state index in [0.29, 0.717) is 79.8 Å². The van der Waals surface area contributed by atoms with Crippen LogP contribution in [-0.2, 0) is 24.8 Å². The van der Waals surface area contributed by atoms with Gasteiger partial charge in [0.25, 0.3) is 17.7 Å². The summed E-state index contributed by atoms with van der Waals surface area (Å²) < 4.78 is 56.7. The largest absolute Gasteiger partial charge is 0.496 e. The van der Waals surface area contributed by atoms with Gasteiger partial charge in [0, 0.05) is 35.2 Å². The van der Waals surface area contributed by atoms with Crippen molar-refractivity contribution in [1.29, 1.82) is 0 Å². The first kappa shape index (κ1) is 31.3. The van der Waals surface area contributed by atoms with E-state index in [1.165, 1.54) is 30.6 Å². The Bertz CT molecular complexity index is 2520. The van der Waals surface area contributed by atoms with E-state index >= 15 is 8.78 Å². The number of carbonyl (C=O) groups excluding carboxylic acids is 1. The number of rotatable bonds is 8. The SMILES string of the molecule is COc1cccc2c1CC(F)(F)C2Nc1nccc2cc(-c3c4c(nc(CCc5ccc(F)cc5)c3-c3n[nH]c(=O)o3)C35CC(CN3C4=O)C5)sc12. The van der Waals surface area contributed by atoms with Crippen LogP contribution in [0.2, 0.25) is 0 Å². The molecule has 7 heterocycles. The van der Waals surface area contributed by atoms with Gasteiger partial charge in [-0.25, -0.2) is 28.0 Å². The molecule has 2 aliphatic carbocycles. The van der Waals surface area contributed by atoms with Crippen molar-refractivity contribution < 1.29 is 27.1 Å². The van der Waals surface area contributed by atoms with Crippen molar-refractivity contribution >= 4 is 33.1 Å². The molecule has 1 amide bonds. The van der Waals surface area contributed by atoms with Gasteiger partial charge in [-0.1, -0.05) is 24.3 Å². The first-order valence-electron chi connectivity index (χ1n) is 17.0. The molecule has 1 atom stereocenters. The van der Waals surface area contributed by atoms with Crippen LogP contribution in [0.3, 0.4) is 0 Å². The van der Waals surface area contributed by atoms with Gasteiger partial charge in [-0.05, 0) is 78.4 Å². The molecule has 2 N–H and O–H groups in total. The van der Waals surface area contributed by atoms with E-state index in [2.05, 4.69) is 20.5 Å². The minimum atomic E-state index is -3.12. The highest BCUT2D eigenvalue weighted by Gasteiger charge is 2.65. The van der Waals surface area contributed by atoms with E-state index in [4.69, 9.17) is 14.1 Å². The van der Waals surface area contributed by atoms with E-state index in [9.17, 15) is 14.0 Å². The first-order chi connectivity index (χ1) is 25.1. The minimum absolute atomic E-state index is 0.0154. The number of nitrogens with one attached hydrogen (secondary N) is 2. The average molecular weight is 723 g/mol. The van der Waals surface area contributed by atoms with E-state index in [0.717, 1.165) is 23.8 Å². The highest BCUT2D eigenvalue weighted by atomic mass is 32.1. The Morgan fingerprint density at radius 2 is 1.90 bits per heavy atom. The third-order valence-electron chi connectivity index (χ3n) is 11.1. The number of amides is 1. The van der Waals surface area contributed by atoms with Crippen molar-refractivity contribution in [1.82, 2.24) is 25.1 Å². The van der Waals surface area contributed by atoms with Gasteiger partial charge < -0.3 is 19.4 Å². The number of hydrogen-bond acceptors (Lipinski definition) is 9. The predicted molar refractivity (Wildman–Crippen MR) is 186 cm³/mol. The predicted octanol–water partition coefficient (Wildman–Crippen LogP) is 7.05. The second-order valence-corrected chi connectivity index (χ2v) is 15.1. The maximum atomic E-state index is 15.7. The Kier molecular flexibility index (Phi) is 6.61. The molecule has 52 heavy (non-hydrogen) atoms. The number of nitrogens with zero attached hydrogens (tertiary/aromatic N) is 4. The second kappa shape index (κ2) is 11.0. The number of H-pyrrole nitrogens is 1. The molecule has 1 spiro atoms. The summed E-state index contributed by atoms with van der Waals surface area (Å²) in [6.07, 6.45) is 3.60. The summed E-state index contributed by atoms with van der Waals surface area (Å²) in [5.41, 5.74) is 3.91. The summed E-state index contributed by atoms with van der Waals surface area (Å²) in [7, 11) is 1.47. The van der Waals surface area contributed by atoms with Gasteiger partial charge in [0.1, 0.15) is 23.4 Å². The van der Waals surface area contributed by atoms with Crippen LogP contribution in [0.1, 0.15) is 57.3 Å². The number of hydrogen-bond donors (Lipinski definition) is 2. The number of aryl methyl sites for hydroxylation is 2. The molecule has 5 aliphatic rings. The lowest BCUT2D eigenvalue weighted by Gasteiger charge is -2.37. The third kappa shape index (κ3) is 4.45. The zero-order chi connectivity index (χ0) is 35.5. The van der Waals surface area contributed by atoms with Crippen molar-refractivity contribution in [3.63, 3.8) is 0 Å². The third-order valence-corrected chi connectivity index (χ3v) is 12.3. The van der Waals surface area contributed by atoms with E-state index in [1.54, 1.807) is 42.6 Å². The second-order valence-electron chi connectivity index (χ2n) is 14.0. The number of benzene rings is 2. The van der Waals surface area contributed by atoms with Crippen LogP contribution in [0, 0.1) is 11.7 Å². The van der Waals surface area contributed by atoms with Crippen molar-refractivity contribution in [3.05, 3.63) is 111 Å². The summed E-state index contributed by atoms with van der Waals surface area (Å²) in [4.78, 5) is 39.0.